The molecule has 1 saturated heterocycles. The fourth-order valence-electron chi connectivity index (χ4n) is 2.36. The van der Waals surface area contributed by atoms with Gasteiger partial charge in [0.1, 0.15) is 0 Å². The van der Waals surface area contributed by atoms with E-state index >= 15 is 0 Å². The van der Waals surface area contributed by atoms with E-state index in [0.717, 1.165) is 26.1 Å². The molecule has 1 aliphatic heterocycles. The molecule has 0 atom stereocenters. The van der Waals surface area contributed by atoms with Crippen LogP contribution in [0.2, 0.25) is 0 Å². The van der Waals surface area contributed by atoms with Crippen LogP contribution in [0.5, 0.6) is 0 Å². The second-order valence-electron chi connectivity index (χ2n) is 4.45. The van der Waals surface area contributed by atoms with Crippen LogP contribution in [-0.4, -0.2) is 41.2 Å². The number of likely N-dealkylation sites (tertiary alicyclic amines) is 1. The van der Waals surface area contributed by atoms with E-state index < -0.39 is 0 Å². The van der Waals surface area contributed by atoms with Crippen LogP contribution in [0.15, 0.2) is 24.4 Å². The molecule has 0 aliphatic carbocycles. The Labute approximate surface area is 97.1 Å². The van der Waals surface area contributed by atoms with Gasteiger partial charge in [0, 0.05) is 31.0 Å². The van der Waals surface area contributed by atoms with E-state index in [9.17, 15) is 0 Å². The molecule has 1 fully saturated rings. The Balaban J connectivity index is 1.81. The van der Waals surface area contributed by atoms with Gasteiger partial charge in [-0.15, -0.1) is 0 Å². The molecule has 3 heteroatoms. The van der Waals surface area contributed by atoms with Gasteiger partial charge >= 0.3 is 0 Å². The lowest BCUT2D eigenvalue weighted by atomic mass is 9.93. The van der Waals surface area contributed by atoms with Crippen LogP contribution in [-0.2, 0) is 0 Å². The van der Waals surface area contributed by atoms with Crippen molar-refractivity contribution in [2.45, 2.75) is 25.2 Å². The Kier molecular flexibility index (Phi) is 4.31. The van der Waals surface area contributed by atoms with E-state index in [-0.39, 0.29) is 0 Å². The third kappa shape index (κ3) is 3.03. The molecule has 0 aromatic carbocycles. The van der Waals surface area contributed by atoms with E-state index in [0.29, 0.717) is 12.5 Å². The maximum absolute atomic E-state index is 8.79. The van der Waals surface area contributed by atoms with Gasteiger partial charge in [0.05, 0.1) is 0 Å². The summed E-state index contributed by atoms with van der Waals surface area (Å²) in [7, 11) is 0. The minimum Gasteiger partial charge on any atom is -0.396 e. The van der Waals surface area contributed by atoms with Crippen LogP contribution in [0.25, 0.3) is 0 Å². The first-order valence-corrected chi connectivity index (χ1v) is 6.14. The first kappa shape index (κ1) is 11.6. The molecular formula is C13H20N2O. The van der Waals surface area contributed by atoms with Crippen LogP contribution in [0.3, 0.4) is 0 Å². The lowest BCUT2D eigenvalue weighted by molar-refractivity contribution is 0.186. The van der Waals surface area contributed by atoms with Gasteiger partial charge in [0.15, 0.2) is 0 Å². The molecule has 1 aromatic heterocycles. The summed E-state index contributed by atoms with van der Waals surface area (Å²) in [5, 5.41) is 8.79. The van der Waals surface area contributed by atoms with Crippen molar-refractivity contribution in [1.82, 2.24) is 9.88 Å². The summed E-state index contributed by atoms with van der Waals surface area (Å²) in [6.07, 6.45) is 5.17. The van der Waals surface area contributed by atoms with Gasteiger partial charge in [0.25, 0.3) is 0 Å². The molecule has 0 spiro atoms. The van der Waals surface area contributed by atoms with Crippen molar-refractivity contribution in [1.29, 1.82) is 0 Å². The van der Waals surface area contributed by atoms with Gasteiger partial charge in [-0.3, -0.25) is 4.98 Å². The molecule has 16 heavy (non-hydrogen) atoms. The van der Waals surface area contributed by atoms with Crippen molar-refractivity contribution < 1.29 is 5.11 Å². The average Bonchev–Trinajstić information content (AvgIpc) is 2.38. The van der Waals surface area contributed by atoms with Gasteiger partial charge in [-0.2, -0.15) is 0 Å². The van der Waals surface area contributed by atoms with Crippen molar-refractivity contribution in [2.75, 3.05) is 26.2 Å². The number of piperidine rings is 1. The fourth-order valence-corrected chi connectivity index (χ4v) is 2.36. The van der Waals surface area contributed by atoms with E-state index in [1.807, 2.05) is 12.3 Å². The molecule has 88 valence electrons. The summed E-state index contributed by atoms with van der Waals surface area (Å²) in [6.45, 7) is 3.62. The Hall–Kier alpha value is -0.930. The van der Waals surface area contributed by atoms with Gasteiger partial charge in [0.2, 0.25) is 0 Å². The molecule has 1 aromatic rings. The number of hydrogen-bond donors (Lipinski definition) is 1. The summed E-state index contributed by atoms with van der Waals surface area (Å²) < 4.78 is 0. The number of pyridine rings is 1. The zero-order valence-corrected chi connectivity index (χ0v) is 9.68. The van der Waals surface area contributed by atoms with Crippen LogP contribution in [0, 0.1) is 0 Å². The van der Waals surface area contributed by atoms with Gasteiger partial charge in [-0.25, -0.2) is 0 Å². The van der Waals surface area contributed by atoms with Gasteiger partial charge < -0.3 is 10.0 Å². The highest BCUT2D eigenvalue weighted by Crippen LogP contribution is 2.26. The minimum absolute atomic E-state index is 0.306. The van der Waals surface area contributed by atoms with Crippen molar-refractivity contribution >= 4 is 0 Å². The number of nitrogens with zero attached hydrogens (tertiary/aromatic N) is 2. The average molecular weight is 220 g/mol. The lowest BCUT2D eigenvalue weighted by Gasteiger charge is -2.31. The highest BCUT2D eigenvalue weighted by Gasteiger charge is 2.20. The topological polar surface area (TPSA) is 36.4 Å². The summed E-state index contributed by atoms with van der Waals surface area (Å²) in [5.41, 5.74) is 1.24. The van der Waals surface area contributed by atoms with Crippen molar-refractivity contribution in [2.24, 2.45) is 0 Å². The van der Waals surface area contributed by atoms with Crippen LogP contribution in [0.1, 0.15) is 30.9 Å². The van der Waals surface area contributed by atoms with E-state index in [4.69, 9.17) is 5.11 Å². The molecule has 0 unspecified atom stereocenters. The molecule has 1 aliphatic rings. The van der Waals surface area contributed by atoms with E-state index in [2.05, 4.69) is 22.0 Å². The molecule has 3 nitrogen and oxygen atoms in total. The monoisotopic (exact) mass is 220 g/mol. The maximum Gasteiger partial charge on any atom is 0.0443 e. The van der Waals surface area contributed by atoms with Gasteiger partial charge in [-0.05, 0) is 44.5 Å². The smallest absolute Gasteiger partial charge is 0.0443 e. The number of aromatic nitrogens is 1. The summed E-state index contributed by atoms with van der Waals surface area (Å²) in [4.78, 5) is 6.87. The zero-order valence-electron chi connectivity index (χ0n) is 9.68. The number of aliphatic hydroxyl groups is 1. The number of hydrogen-bond acceptors (Lipinski definition) is 3. The van der Waals surface area contributed by atoms with Crippen molar-refractivity contribution in [3.63, 3.8) is 0 Å². The highest BCUT2D eigenvalue weighted by atomic mass is 16.3. The van der Waals surface area contributed by atoms with Gasteiger partial charge in [-0.1, -0.05) is 6.07 Å². The Morgan fingerprint density at radius 2 is 2.12 bits per heavy atom. The largest absolute Gasteiger partial charge is 0.396 e. The van der Waals surface area contributed by atoms with E-state index in [1.165, 1.54) is 18.5 Å². The Morgan fingerprint density at radius 3 is 2.75 bits per heavy atom. The zero-order chi connectivity index (χ0) is 11.2. The second kappa shape index (κ2) is 5.97. The normalized spacial score (nSPS) is 18.8. The molecule has 0 radical (unpaired) electrons. The van der Waals surface area contributed by atoms with Crippen LogP contribution < -0.4 is 0 Å². The molecule has 2 heterocycles. The predicted octanol–water partition coefficient (Wildman–Crippen LogP) is 1.64. The van der Waals surface area contributed by atoms with Crippen molar-refractivity contribution in [3.05, 3.63) is 30.1 Å². The quantitative estimate of drug-likeness (QED) is 0.838. The van der Waals surface area contributed by atoms with Crippen LogP contribution >= 0.6 is 0 Å². The first-order valence-electron chi connectivity index (χ1n) is 6.14. The third-order valence-corrected chi connectivity index (χ3v) is 3.33. The molecule has 0 amide bonds. The molecular weight excluding hydrogens is 200 g/mol. The minimum atomic E-state index is 0.306. The summed E-state index contributed by atoms with van der Waals surface area (Å²) in [5.74, 6) is 0.631. The number of rotatable bonds is 4. The molecule has 0 saturated carbocycles. The fraction of sp³-hybridized carbons (Fsp3) is 0.615. The first-order chi connectivity index (χ1) is 7.90. The standard InChI is InChI=1S/C13H20N2O/c16-11-3-8-15-9-5-12(6-10-15)13-4-1-2-7-14-13/h1-2,4,7,12,16H,3,5-6,8-11H2. The second-order valence-corrected chi connectivity index (χ2v) is 4.45. The summed E-state index contributed by atoms with van der Waals surface area (Å²) >= 11 is 0. The highest BCUT2D eigenvalue weighted by molar-refractivity contribution is 5.10. The Bertz CT molecular complexity index is 294. The maximum atomic E-state index is 8.79. The number of aliphatic hydroxyl groups excluding tert-OH is 1. The molecule has 0 bridgehead atoms. The SMILES string of the molecule is OCCCN1CCC(c2ccccn2)CC1. The van der Waals surface area contributed by atoms with E-state index in [1.54, 1.807) is 0 Å². The van der Waals surface area contributed by atoms with Crippen LogP contribution in [0.4, 0.5) is 0 Å². The third-order valence-electron chi connectivity index (χ3n) is 3.33. The molecule has 1 N–H and O–H groups in total. The summed E-state index contributed by atoms with van der Waals surface area (Å²) in [6, 6.07) is 6.17. The Morgan fingerprint density at radius 1 is 1.31 bits per heavy atom. The molecule has 2 rings (SSSR count). The lowest BCUT2D eigenvalue weighted by Crippen LogP contribution is -2.34. The predicted molar refractivity (Wildman–Crippen MR) is 64.4 cm³/mol. The van der Waals surface area contributed by atoms with Crippen molar-refractivity contribution in [3.8, 4) is 0 Å².